The minimum absolute atomic E-state index is 0.112. The predicted molar refractivity (Wildman–Crippen MR) is 93.6 cm³/mol. The van der Waals surface area contributed by atoms with Crippen molar-refractivity contribution in [2.45, 2.75) is 25.2 Å². The molecule has 0 radical (unpaired) electrons. The van der Waals surface area contributed by atoms with Crippen molar-refractivity contribution in [1.82, 2.24) is 14.9 Å². The van der Waals surface area contributed by atoms with Crippen LogP contribution in [0.15, 0.2) is 36.7 Å². The van der Waals surface area contributed by atoms with Crippen molar-refractivity contribution in [1.29, 1.82) is 0 Å². The Morgan fingerprint density at radius 3 is 2.77 bits per heavy atom. The molecular weight excluding hydrogens is 337 g/mol. The molecule has 1 aliphatic rings. The van der Waals surface area contributed by atoms with E-state index in [1.807, 2.05) is 4.90 Å². The normalized spacial score (nSPS) is 15.1. The van der Waals surface area contributed by atoms with Crippen LogP contribution in [0.4, 0.5) is 4.39 Å². The molecule has 1 fully saturated rings. The first kappa shape index (κ1) is 18.3. The third-order valence-electron chi connectivity index (χ3n) is 4.46. The molecule has 0 spiro atoms. The molecule has 0 atom stereocenters. The fourth-order valence-electron chi connectivity index (χ4n) is 3.09. The number of rotatable bonds is 6. The molecule has 0 aliphatic carbocycles. The van der Waals surface area contributed by atoms with Crippen molar-refractivity contribution in [3.8, 4) is 11.6 Å². The van der Waals surface area contributed by atoms with Crippen molar-refractivity contribution in [3.05, 3.63) is 48.2 Å². The highest BCUT2D eigenvalue weighted by Gasteiger charge is 2.27. The highest BCUT2D eigenvalue weighted by atomic mass is 19.1. The van der Waals surface area contributed by atoms with E-state index in [1.54, 1.807) is 31.6 Å². The number of methoxy groups -OCH3 is 1. The molecule has 138 valence electrons. The van der Waals surface area contributed by atoms with Gasteiger partial charge in [0.05, 0.1) is 13.0 Å². The summed E-state index contributed by atoms with van der Waals surface area (Å²) in [6.07, 6.45) is 5.17. The molecule has 7 heteroatoms. The number of carbonyl (C=O) groups excluding carboxylic acids is 1. The molecule has 3 rings (SSSR count). The summed E-state index contributed by atoms with van der Waals surface area (Å²) in [7, 11) is 1.59. The van der Waals surface area contributed by atoms with E-state index in [1.165, 1.54) is 12.1 Å². The summed E-state index contributed by atoms with van der Waals surface area (Å²) in [5.74, 6) is 0.677. The summed E-state index contributed by atoms with van der Waals surface area (Å²) >= 11 is 0. The number of ether oxygens (including phenoxy) is 2. The zero-order chi connectivity index (χ0) is 18.4. The van der Waals surface area contributed by atoms with Gasteiger partial charge in [0, 0.05) is 44.6 Å². The lowest BCUT2D eigenvalue weighted by Crippen LogP contribution is -2.38. The van der Waals surface area contributed by atoms with E-state index in [4.69, 9.17) is 9.47 Å². The largest absolute Gasteiger partial charge is 0.437 e. The van der Waals surface area contributed by atoms with Crippen LogP contribution in [0.5, 0.6) is 11.6 Å². The predicted octanol–water partition coefficient (Wildman–Crippen LogP) is 3.15. The van der Waals surface area contributed by atoms with Gasteiger partial charge in [-0.2, -0.15) is 0 Å². The Hall–Kier alpha value is -2.54. The zero-order valence-corrected chi connectivity index (χ0v) is 14.7. The van der Waals surface area contributed by atoms with Crippen LogP contribution in [0, 0.1) is 5.82 Å². The van der Waals surface area contributed by atoms with E-state index in [0.717, 1.165) is 18.5 Å². The fraction of sp³-hybridized carbons (Fsp3) is 0.421. The summed E-state index contributed by atoms with van der Waals surface area (Å²) in [4.78, 5) is 22.7. The average Bonchev–Trinajstić information content (AvgIpc) is 2.67. The molecule has 6 nitrogen and oxygen atoms in total. The van der Waals surface area contributed by atoms with Crippen molar-refractivity contribution in [2.24, 2.45) is 0 Å². The second-order valence-electron chi connectivity index (χ2n) is 6.20. The van der Waals surface area contributed by atoms with Crippen molar-refractivity contribution >= 4 is 5.91 Å². The Morgan fingerprint density at radius 2 is 2.04 bits per heavy atom. The van der Waals surface area contributed by atoms with Gasteiger partial charge >= 0.3 is 0 Å². The van der Waals surface area contributed by atoms with Gasteiger partial charge in [-0.3, -0.25) is 9.78 Å². The molecular formula is C19H22FN3O3. The van der Waals surface area contributed by atoms with Gasteiger partial charge in [0.2, 0.25) is 11.8 Å². The highest BCUT2D eigenvalue weighted by Crippen LogP contribution is 2.33. The molecule has 2 aromatic rings. The number of benzene rings is 1. The molecule has 0 N–H and O–H groups in total. The summed E-state index contributed by atoms with van der Waals surface area (Å²) in [6, 6.07) is 5.94. The lowest BCUT2D eigenvalue weighted by molar-refractivity contribution is -0.133. The number of amides is 1. The molecule has 0 unspecified atom stereocenters. The Balaban J connectivity index is 1.66. The number of hydrogen-bond acceptors (Lipinski definition) is 5. The number of carbonyl (C=O) groups is 1. The standard InChI is InChI=1S/C19H22FN3O3/c1-25-12-7-17(24)23-10-5-14(6-11-23)18-19(22-9-8-21-18)26-16-4-2-3-15(20)13-16/h2-4,8-9,13-14H,5-7,10-12H2,1H3. The molecule has 1 aromatic heterocycles. The lowest BCUT2D eigenvalue weighted by atomic mass is 9.93. The maximum Gasteiger partial charge on any atom is 0.241 e. The molecule has 1 saturated heterocycles. The summed E-state index contributed by atoms with van der Waals surface area (Å²) in [6.45, 7) is 1.78. The van der Waals surface area contributed by atoms with E-state index in [-0.39, 0.29) is 17.6 Å². The fourth-order valence-corrected chi connectivity index (χ4v) is 3.09. The van der Waals surface area contributed by atoms with E-state index in [0.29, 0.717) is 37.7 Å². The SMILES string of the molecule is COCCC(=O)N1CCC(c2nccnc2Oc2cccc(F)c2)CC1. The number of halogens is 1. The van der Waals surface area contributed by atoms with Gasteiger partial charge in [0.15, 0.2) is 0 Å². The average molecular weight is 359 g/mol. The van der Waals surface area contributed by atoms with Gasteiger partial charge in [0.1, 0.15) is 17.3 Å². The van der Waals surface area contributed by atoms with Crippen LogP contribution in [0.1, 0.15) is 30.9 Å². The number of nitrogens with zero attached hydrogens (tertiary/aromatic N) is 3. The quantitative estimate of drug-likeness (QED) is 0.793. The van der Waals surface area contributed by atoms with E-state index >= 15 is 0 Å². The van der Waals surface area contributed by atoms with Gasteiger partial charge in [-0.05, 0) is 25.0 Å². The van der Waals surface area contributed by atoms with E-state index in [2.05, 4.69) is 9.97 Å². The molecule has 1 aromatic carbocycles. The molecule has 2 heterocycles. The van der Waals surface area contributed by atoms with Crippen LogP contribution < -0.4 is 4.74 Å². The summed E-state index contributed by atoms with van der Waals surface area (Å²) in [5.41, 5.74) is 0.751. The second-order valence-corrected chi connectivity index (χ2v) is 6.20. The number of likely N-dealkylation sites (tertiary alicyclic amines) is 1. The second kappa shape index (κ2) is 8.71. The van der Waals surface area contributed by atoms with Crippen LogP contribution in [0.2, 0.25) is 0 Å². The van der Waals surface area contributed by atoms with Crippen LogP contribution in [0.25, 0.3) is 0 Å². The smallest absolute Gasteiger partial charge is 0.241 e. The maximum atomic E-state index is 13.4. The van der Waals surface area contributed by atoms with Gasteiger partial charge < -0.3 is 14.4 Å². The first-order valence-electron chi connectivity index (χ1n) is 8.68. The lowest BCUT2D eigenvalue weighted by Gasteiger charge is -2.32. The summed E-state index contributed by atoms with van der Waals surface area (Å²) < 4.78 is 24.1. The van der Waals surface area contributed by atoms with Crippen molar-refractivity contribution < 1.29 is 18.7 Å². The molecule has 0 bridgehead atoms. The number of aromatic nitrogens is 2. The van der Waals surface area contributed by atoms with Crippen molar-refractivity contribution in [3.63, 3.8) is 0 Å². The Morgan fingerprint density at radius 1 is 1.27 bits per heavy atom. The highest BCUT2D eigenvalue weighted by molar-refractivity contribution is 5.76. The third kappa shape index (κ3) is 4.54. The van der Waals surface area contributed by atoms with Crippen LogP contribution in [0.3, 0.4) is 0 Å². The molecule has 0 saturated carbocycles. The maximum absolute atomic E-state index is 13.4. The third-order valence-corrected chi connectivity index (χ3v) is 4.46. The van der Waals surface area contributed by atoms with Crippen LogP contribution in [-0.2, 0) is 9.53 Å². The first-order chi connectivity index (χ1) is 12.7. The zero-order valence-electron chi connectivity index (χ0n) is 14.7. The Bertz CT molecular complexity index is 748. The Kier molecular flexibility index (Phi) is 6.12. The minimum Gasteiger partial charge on any atom is -0.437 e. The van der Waals surface area contributed by atoms with Gasteiger partial charge in [-0.1, -0.05) is 6.07 Å². The number of piperidine rings is 1. The van der Waals surface area contributed by atoms with Crippen LogP contribution >= 0.6 is 0 Å². The van der Waals surface area contributed by atoms with Crippen molar-refractivity contribution in [2.75, 3.05) is 26.8 Å². The summed E-state index contributed by atoms with van der Waals surface area (Å²) in [5, 5.41) is 0. The number of hydrogen-bond donors (Lipinski definition) is 0. The van der Waals surface area contributed by atoms with E-state index < -0.39 is 0 Å². The minimum atomic E-state index is -0.365. The molecule has 1 aliphatic heterocycles. The Labute approximate surface area is 152 Å². The van der Waals surface area contributed by atoms with E-state index in [9.17, 15) is 9.18 Å². The topological polar surface area (TPSA) is 64.5 Å². The molecule has 1 amide bonds. The van der Waals surface area contributed by atoms with Gasteiger partial charge in [0.25, 0.3) is 0 Å². The monoisotopic (exact) mass is 359 g/mol. The van der Waals surface area contributed by atoms with Crippen LogP contribution in [-0.4, -0.2) is 47.6 Å². The molecule has 26 heavy (non-hydrogen) atoms. The van der Waals surface area contributed by atoms with Gasteiger partial charge in [-0.25, -0.2) is 9.37 Å². The first-order valence-corrected chi connectivity index (χ1v) is 8.68. The van der Waals surface area contributed by atoms with Gasteiger partial charge in [-0.15, -0.1) is 0 Å².